The van der Waals surface area contributed by atoms with Crippen LogP contribution in [-0.4, -0.2) is 29.3 Å². The molecule has 31 heavy (non-hydrogen) atoms. The largest absolute Gasteiger partial charge is 0.490 e. The monoisotopic (exact) mass is 419 g/mol. The number of furan rings is 1. The predicted molar refractivity (Wildman–Crippen MR) is 114 cm³/mol. The van der Waals surface area contributed by atoms with E-state index in [1.54, 1.807) is 31.2 Å². The molecule has 0 bridgehead atoms. The molecule has 0 aliphatic carbocycles. The molecule has 4 heterocycles. The number of anilines is 1. The zero-order valence-electron chi connectivity index (χ0n) is 17.4. The molecular weight excluding hydrogens is 398 g/mol. The number of aromatic nitrogens is 2. The molecule has 0 unspecified atom stereocenters. The van der Waals surface area contributed by atoms with E-state index in [0.29, 0.717) is 58.5 Å². The molecule has 158 valence electrons. The highest BCUT2D eigenvalue weighted by Gasteiger charge is 2.21. The molecule has 5 rings (SSSR count). The zero-order chi connectivity index (χ0) is 21.5. The normalized spacial score (nSPS) is 13.3. The zero-order valence-corrected chi connectivity index (χ0v) is 17.4. The minimum atomic E-state index is -0.299. The van der Waals surface area contributed by atoms with Gasteiger partial charge in [0.05, 0.1) is 35.6 Å². The topological polar surface area (TPSA) is 99.6 Å². The number of fused-ring (bicyclic) bond motifs is 2. The average molecular weight is 419 g/mol. The van der Waals surface area contributed by atoms with Crippen molar-refractivity contribution in [2.24, 2.45) is 0 Å². The van der Waals surface area contributed by atoms with Crippen LogP contribution in [0.15, 0.2) is 39.3 Å². The number of carbonyl (C=O) groups excluding carboxylic acids is 1. The van der Waals surface area contributed by atoms with Crippen molar-refractivity contribution in [3.8, 4) is 22.8 Å². The molecule has 8 heteroatoms. The molecule has 0 saturated heterocycles. The first-order chi connectivity index (χ1) is 15.0. The first kappa shape index (κ1) is 19.2. The summed E-state index contributed by atoms with van der Waals surface area (Å²) < 4.78 is 22.4. The van der Waals surface area contributed by atoms with Crippen molar-refractivity contribution in [2.45, 2.75) is 27.2 Å². The van der Waals surface area contributed by atoms with Gasteiger partial charge in [-0.05, 0) is 45.0 Å². The second kappa shape index (κ2) is 7.46. The molecule has 1 amide bonds. The van der Waals surface area contributed by atoms with Gasteiger partial charge in [-0.1, -0.05) is 5.16 Å². The van der Waals surface area contributed by atoms with Crippen LogP contribution in [0.25, 0.3) is 22.4 Å². The minimum absolute atomic E-state index is 0.299. The molecule has 0 atom stereocenters. The molecule has 0 saturated carbocycles. The summed E-state index contributed by atoms with van der Waals surface area (Å²) in [5.74, 6) is 2.47. The molecule has 0 radical (unpaired) electrons. The lowest BCUT2D eigenvalue weighted by molar-refractivity contribution is 0.102. The van der Waals surface area contributed by atoms with Gasteiger partial charge in [-0.15, -0.1) is 0 Å². The molecular formula is C23H21N3O5. The second-order valence-electron chi connectivity index (χ2n) is 7.50. The van der Waals surface area contributed by atoms with E-state index >= 15 is 0 Å². The highest BCUT2D eigenvalue weighted by Crippen LogP contribution is 2.34. The quantitative estimate of drug-likeness (QED) is 0.508. The summed E-state index contributed by atoms with van der Waals surface area (Å²) in [4.78, 5) is 17.8. The number of nitrogens with zero attached hydrogens (tertiary/aromatic N) is 2. The maximum atomic E-state index is 13.3. The van der Waals surface area contributed by atoms with E-state index in [1.165, 1.54) is 0 Å². The van der Waals surface area contributed by atoms with Crippen molar-refractivity contribution >= 4 is 22.7 Å². The van der Waals surface area contributed by atoms with Crippen LogP contribution in [0.2, 0.25) is 0 Å². The van der Waals surface area contributed by atoms with Crippen molar-refractivity contribution in [3.63, 3.8) is 0 Å². The summed E-state index contributed by atoms with van der Waals surface area (Å²) in [6, 6.07) is 8.98. The van der Waals surface area contributed by atoms with Crippen LogP contribution in [0, 0.1) is 20.8 Å². The number of nitrogens with one attached hydrogen (secondary N) is 1. The fourth-order valence-electron chi connectivity index (χ4n) is 3.74. The van der Waals surface area contributed by atoms with Gasteiger partial charge in [0.15, 0.2) is 11.5 Å². The number of hydrogen-bond acceptors (Lipinski definition) is 7. The van der Waals surface area contributed by atoms with Crippen LogP contribution in [0.4, 0.5) is 5.69 Å². The number of ether oxygens (including phenoxy) is 2. The molecule has 1 aliphatic rings. The van der Waals surface area contributed by atoms with Gasteiger partial charge >= 0.3 is 0 Å². The molecule has 1 aromatic carbocycles. The fourth-order valence-corrected chi connectivity index (χ4v) is 3.74. The van der Waals surface area contributed by atoms with Crippen molar-refractivity contribution < 1.29 is 23.2 Å². The number of pyridine rings is 1. The Labute approximate surface area is 178 Å². The van der Waals surface area contributed by atoms with Crippen molar-refractivity contribution in [2.75, 3.05) is 18.5 Å². The van der Waals surface area contributed by atoms with E-state index in [9.17, 15) is 4.79 Å². The Hall–Kier alpha value is -3.81. The van der Waals surface area contributed by atoms with Gasteiger partial charge in [-0.25, -0.2) is 4.98 Å². The predicted octanol–water partition coefficient (Wildman–Crippen LogP) is 4.82. The second-order valence-corrected chi connectivity index (χ2v) is 7.50. The van der Waals surface area contributed by atoms with Gasteiger partial charge in [-0.3, -0.25) is 4.79 Å². The van der Waals surface area contributed by atoms with Crippen LogP contribution in [0.3, 0.4) is 0 Å². The van der Waals surface area contributed by atoms with Crippen LogP contribution in [0.5, 0.6) is 11.5 Å². The first-order valence-electron chi connectivity index (χ1n) is 10.0. The number of amides is 1. The van der Waals surface area contributed by atoms with Gasteiger partial charge in [0.25, 0.3) is 11.6 Å². The number of hydrogen-bond donors (Lipinski definition) is 1. The molecule has 0 spiro atoms. The van der Waals surface area contributed by atoms with Gasteiger partial charge in [0.1, 0.15) is 11.5 Å². The van der Waals surface area contributed by atoms with Crippen LogP contribution < -0.4 is 14.8 Å². The molecule has 0 fully saturated rings. The van der Waals surface area contributed by atoms with Crippen LogP contribution in [-0.2, 0) is 0 Å². The Morgan fingerprint density at radius 3 is 2.61 bits per heavy atom. The number of aryl methyl sites for hydroxylation is 3. The lowest BCUT2D eigenvalue weighted by Crippen LogP contribution is -2.13. The van der Waals surface area contributed by atoms with Crippen molar-refractivity contribution in [3.05, 3.63) is 53.1 Å². The first-order valence-corrected chi connectivity index (χ1v) is 10.0. The number of carbonyl (C=O) groups is 1. The van der Waals surface area contributed by atoms with Gasteiger partial charge in [0.2, 0.25) is 0 Å². The Morgan fingerprint density at radius 1 is 1.03 bits per heavy atom. The van der Waals surface area contributed by atoms with Crippen molar-refractivity contribution in [1.29, 1.82) is 0 Å². The molecule has 3 aromatic heterocycles. The standard InChI is InChI=1S/C23H21N3O5/c1-12-9-16(14(3)30-12)18-11-17(21-13(2)26-31-23(21)25-18)22(27)24-15-5-6-19-20(10-15)29-8-4-7-28-19/h5-6,9-11H,4,7-8H2,1-3H3,(H,24,27). The fraction of sp³-hybridized carbons (Fsp3) is 0.261. The summed E-state index contributed by atoms with van der Waals surface area (Å²) in [5, 5.41) is 7.52. The van der Waals surface area contributed by atoms with E-state index in [1.807, 2.05) is 19.9 Å². The van der Waals surface area contributed by atoms with Crippen LogP contribution >= 0.6 is 0 Å². The smallest absolute Gasteiger partial charge is 0.259 e. The van der Waals surface area contributed by atoms with Gasteiger partial charge in [0, 0.05) is 23.7 Å². The lowest BCUT2D eigenvalue weighted by atomic mass is 10.1. The third kappa shape index (κ3) is 3.50. The Kier molecular flexibility index (Phi) is 4.62. The Balaban J connectivity index is 1.54. The molecule has 1 aliphatic heterocycles. The Bertz CT molecular complexity index is 1300. The summed E-state index contributed by atoms with van der Waals surface area (Å²) in [5.41, 5.74) is 3.31. The third-order valence-electron chi connectivity index (χ3n) is 5.18. The highest BCUT2D eigenvalue weighted by atomic mass is 16.5. The van der Waals surface area contributed by atoms with E-state index in [-0.39, 0.29) is 5.91 Å². The molecule has 4 aromatic rings. The average Bonchev–Trinajstić information content (AvgIpc) is 3.19. The summed E-state index contributed by atoms with van der Waals surface area (Å²) >= 11 is 0. The number of benzene rings is 1. The SMILES string of the molecule is Cc1cc(-c2cc(C(=O)Nc3ccc4c(c3)OCCCO4)c3c(C)noc3n2)c(C)o1. The van der Waals surface area contributed by atoms with E-state index in [0.717, 1.165) is 23.5 Å². The molecule has 1 N–H and O–H groups in total. The highest BCUT2D eigenvalue weighted by molar-refractivity contribution is 6.13. The minimum Gasteiger partial charge on any atom is -0.490 e. The van der Waals surface area contributed by atoms with E-state index in [2.05, 4.69) is 15.5 Å². The van der Waals surface area contributed by atoms with E-state index in [4.69, 9.17) is 18.4 Å². The molecule has 8 nitrogen and oxygen atoms in total. The van der Waals surface area contributed by atoms with Gasteiger partial charge in [-0.2, -0.15) is 0 Å². The summed E-state index contributed by atoms with van der Waals surface area (Å²) in [7, 11) is 0. The van der Waals surface area contributed by atoms with E-state index < -0.39 is 0 Å². The summed E-state index contributed by atoms with van der Waals surface area (Å²) in [6.45, 7) is 6.69. The van der Waals surface area contributed by atoms with Gasteiger partial charge < -0.3 is 23.7 Å². The maximum Gasteiger partial charge on any atom is 0.259 e. The number of rotatable bonds is 3. The Morgan fingerprint density at radius 2 is 1.84 bits per heavy atom. The third-order valence-corrected chi connectivity index (χ3v) is 5.18. The van der Waals surface area contributed by atoms with Crippen molar-refractivity contribution in [1.82, 2.24) is 10.1 Å². The lowest BCUT2D eigenvalue weighted by Gasteiger charge is -2.11. The summed E-state index contributed by atoms with van der Waals surface area (Å²) in [6.07, 6.45) is 0.813. The maximum absolute atomic E-state index is 13.3. The van der Waals surface area contributed by atoms with Crippen LogP contribution in [0.1, 0.15) is 34.0 Å².